The molecular weight excluding hydrogens is 258 g/mol. The third-order valence-corrected chi connectivity index (χ3v) is 2.72. The molecule has 2 rings (SSSR count). The Labute approximate surface area is 116 Å². The summed E-state index contributed by atoms with van der Waals surface area (Å²) in [6.07, 6.45) is -0.131. The lowest BCUT2D eigenvalue weighted by Gasteiger charge is -2.11. The molecule has 0 aromatic heterocycles. The Morgan fingerprint density at radius 2 is 1.70 bits per heavy atom. The van der Waals surface area contributed by atoms with E-state index in [1.54, 1.807) is 36.4 Å². The predicted octanol–water partition coefficient (Wildman–Crippen LogP) is 3.75. The van der Waals surface area contributed by atoms with Crippen molar-refractivity contribution in [2.75, 3.05) is 0 Å². The van der Waals surface area contributed by atoms with E-state index in [9.17, 15) is 15.2 Å². The third-order valence-electron chi connectivity index (χ3n) is 2.72. The fourth-order valence-corrected chi connectivity index (χ4v) is 1.85. The van der Waals surface area contributed by atoms with Crippen molar-refractivity contribution in [3.63, 3.8) is 0 Å². The smallest absolute Gasteiger partial charge is 0.311 e. The molecule has 104 valence electrons. The zero-order valence-corrected chi connectivity index (χ0v) is 11.2. The lowest BCUT2D eigenvalue weighted by Crippen LogP contribution is -2.07. The van der Waals surface area contributed by atoms with Crippen LogP contribution in [0.4, 0.5) is 5.69 Å². The van der Waals surface area contributed by atoms with E-state index < -0.39 is 4.92 Å². The molecule has 0 fully saturated rings. The van der Waals surface area contributed by atoms with Gasteiger partial charge in [0.2, 0.25) is 0 Å². The number of rotatable bonds is 4. The van der Waals surface area contributed by atoms with E-state index in [0.29, 0.717) is 5.56 Å². The summed E-state index contributed by atoms with van der Waals surface area (Å²) < 4.78 is 5.43. The van der Waals surface area contributed by atoms with Gasteiger partial charge in [-0.25, -0.2) is 0 Å². The third kappa shape index (κ3) is 3.06. The molecule has 0 amide bonds. The number of nitro groups is 1. The van der Waals surface area contributed by atoms with Crippen molar-refractivity contribution < 1.29 is 14.8 Å². The Morgan fingerprint density at radius 3 is 2.25 bits per heavy atom. The van der Waals surface area contributed by atoms with Gasteiger partial charge in [0.05, 0.1) is 11.0 Å². The molecule has 0 radical (unpaired) electrons. The molecule has 1 N–H and O–H groups in total. The van der Waals surface area contributed by atoms with Crippen LogP contribution in [0.15, 0.2) is 42.5 Å². The average Bonchev–Trinajstić information content (AvgIpc) is 2.39. The molecule has 20 heavy (non-hydrogen) atoms. The van der Waals surface area contributed by atoms with Crippen LogP contribution in [0.3, 0.4) is 0 Å². The number of aromatic hydroxyl groups is 1. The molecule has 0 spiro atoms. The number of benzene rings is 2. The monoisotopic (exact) mass is 273 g/mol. The minimum atomic E-state index is -0.457. The van der Waals surface area contributed by atoms with E-state index in [4.69, 9.17) is 4.74 Å². The van der Waals surface area contributed by atoms with Crippen LogP contribution in [0, 0.1) is 10.1 Å². The highest BCUT2D eigenvalue weighted by molar-refractivity contribution is 5.69. The van der Waals surface area contributed by atoms with Gasteiger partial charge in [0.15, 0.2) is 5.75 Å². The van der Waals surface area contributed by atoms with Crippen molar-refractivity contribution in [1.29, 1.82) is 0 Å². The summed E-state index contributed by atoms with van der Waals surface area (Å²) in [7, 11) is 0. The van der Waals surface area contributed by atoms with E-state index in [2.05, 4.69) is 0 Å². The van der Waals surface area contributed by atoms with Crippen LogP contribution in [0.5, 0.6) is 11.5 Å². The maximum Gasteiger partial charge on any atom is 0.311 e. The molecule has 0 saturated carbocycles. The number of hydrogen-bond donors (Lipinski definition) is 1. The van der Waals surface area contributed by atoms with Gasteiger partial charge in [-0.1, -0.05) is 18.2 Å². The van der Waals surface area contributed by atoms with Crippen LogP contribution in [0.2, 0.25) is 0 Å². The molecule has 0 aliphatic carbocycles. The van der Waals surface area contributed by atoms with Crippen LogP contribution >= 0.6 is 0 Å². The molecule has 0 aliphatic heterocycles. The second kappa shape index (κ2) is 5.61. The normalized spacial score (nSPS) is 10.6. The number of phenolic OH excluding ortho intramolecular Hbond substituents is 1. The van der Waals surface area contributed by atoms with Gasteiger partial charge >= 0.3 is 5.69 Å². The highest BCUT2D eigenvalue weighted by Gasteiger charge is 2.17. The largest absolute Gasteiger partial charge is 0.508 e. The van der Waals surface area contributed by atoms with Crippen LogP contribution in [-0.4, -0.2) is 16.1 Å². The molecule has 0 saturated heterocycles. The number of hydrogen-bond acceptors (Lipinski definition) is 4. The lowest BCUT2D eigenvalue weighted by atomic mass is 10.0. The second-order valence-corrected chi connectivity index (χ2v) is 4.65. The van der Waals surface area contributed by atoms with Gasteiger partial charge < -0.3 is 9.84 Å². The highest BCUT2D eigenvalue weighted by atomic mass is 16.6. The first-order valence-corrected chi connectivity index (χ1v) is 6.22. The molecule has 0 heterocycles. The van der Waals surface area contributed by atoms with E-state index >= 15 is 0 Å². The highest BCUT2D eigenvalue weighted by Crippen LogP contribution is 2.33. The van der Waals surface area contributed by atoms with Crippen LogP contribution in [0.1, 0.15) is 13.8 Å². The summed E-state index contributed by atoms with van der Waals surface area (Å²) in [5, 5.41) is 20.4. The molecule has 5 heteroatoms. The fraction of sp³-hybridized carbons (Fsp3) is 0.200. The van der Waals surface area contributed by atoms with Gasteiger partial charge in [-0.3, -0.25) is 10.1 Å². The second-order valence-electron chi connectivity index (χ2n) is 4.65. The van der Waals surface area contributed by atoms with Crippen molar-refractivity contribution in [3.05, 3.63) is 52.6 Å². The standard InChI is InChI=1S/C15H15NO4/c1-10(2)20-15-8-5-12(9-14(15)16(18)19)11-3-6-13(17)7-4-11/h3-10,17H,1-2H3. The molecule has 0 aliphatic rings. The van der Waals surface area contributed by atoms with Gasteiger partial charge in [-0.05, 0) is 43.2 Å². The Hall–Kier alpha value is -2.56. The summed E-state index contributed by atoms with van der Waals surface area (Å²) in [5.74, 6) is 0.413. The quantitative estimate of drug-likeness (QED) is 0.680. The molecule has 0 atom stereocenters. The van der Waals surface area contributed by atoms with Gasteiger partial charge in [0, 0.05) is 6.07 Å². The van der Waals surface area contributed by atoms with Crippen LogP contribution < -0.4 is 4.74 Å². The first-order chi connectivity index (χ1) is 9.47. The van der Waals surface area contributed by atoms with Crippen LogP contribution in [-0.2, 0) is 0 Å². The predicted molar refractivity (Wildman–Crippen MR) is 76.0 cm³/mol. The Balaban J connectivity index is 2.44. The van der Waals surface area contributed by atoms with Crippen molar-refractivity contribution in [2.45, 2.75) is 20.0 Å². The van der Waals surface area contributed by atoms with E-state index in [-0.39, 0.29) is 23.3 Å². The Kier molecular flexibility index (Phi) is 3.89. The van der Waals surface area contributed by atoms with Gasteiger partial charge in [0.25, 0.3) is 0 Å². The Morgan fingerprint density at radius 1 is 1.10 bits per heavy atom. The molecule has 0 unspecified atom stereocenters. The first kappa shape index (κ1) is 13.9. The van der Waals surface area contributed by atoms with Gasteiger partial charge in [-0.15, -0.1) is 0 Å². The minimum Gasteiger partial charge on any atom is -0.508 e. The summed E-state index contributed by atoms with van der Waals surface area (Å²) in [5.41, 5.74) is 1.43. The minimum absolute atomic E-state index is 0.0655. The van der Waals surface area contributed by atoms with Crippen molar-refractivity contribution in [3.8, 4) is 22.6 Å². The summed E-state index contributed by atoms with van der Waals surface area (Å²) in [6.45, 7) is 3.63. The first-order valence-electron chi connectivity index (χ1n) is 6.22. The zero-order chi connectivity index (χ0) is 14.7. The Bertz CT molecular complexity index is 620. The summed E-state index contributed by atoms with van der Waals surface area (Å²) in [6, 6.07) is 11.3. The number of nitro benzene ring substituents is 1. The zero-order valence-electron chi connectivity index (χ0n) is 11.2. The molecule has 2 aromatic rings. The number of ether oxygens (including phenoxy) is 1. The van der Waals surface area contributed by atoms with Crippen LogP contribution in [0.25, 0.3) is 11.1 Å². The molecule has 0 bridgehead atoms. The maximum absolute atomic E-state index is 11.1. The summed E-state index contributed by atoms with van der Waals surface area (Å²) >= 11 is 0. The molecular formula is C15H15NO4. The van der Waals surface area contributed by atoms with Gasteiger partial charge in [0.1, 0.15) is 5.75 Å². The van der Waals surface area contributed by atoms with E-state index in [1.165, 1.54) is 6.07 Å². The molecule has 2 aromatic carbocycles. The van der Waals surface area contributed by atoms with E-state index in [1.807, 2.05) is 13.8 Å². The average molecular weight is 273 g/mol. The lowest BCUT2D eigenvalue weighted by molar-refractivity contribution is -0.386. The fourth-order valence-electron chi connectivity index (χ4n) is 1.85. The SMILES string of the molecule is CC(C)Oc1ccc(-c2ccc(O)cc2)cc1[N+](=O)[O-]. The van der Waals surface area contributed by atoms with E-state index in [0.717, 1.165) is 5.56 Å². The van der Waals surface area contributed by atoms with Crippen molar-refractivity contribution in [2.24, 2.45) is 0 Å². The topological polar surface area (TPSA) is 72.6 Å². The van der Waals surface area contributed by atoms with Gasteiger partial charge in [-0.2, -0.15) is 0 Å². The summed E-state index contributed by atoms with van der Waals surface area (Å²) in [4.78, 5) is 10.7. The maximum atomic E-state index is 11.1. The number of nitrogens with zero attached hydrogens (tertiary/aromatic N) is 1. The molecule has 5 nitrogen and oxygen atoms in total. The number of phenols is 1. The van der Waals surface area contributed by atoms with Crippen molar-refractivity contribution >= 4 is 5.69 Å². The van der Waals surface area contributed by atoms with Crippen molar-refractivity contribution in [1.82, 2.24) is 0 Å².